The van der Waals surface area contributed by atoms with Crippen LogP contribution < -0.4 is 9.47 Å². The number of rotatable bonds is 6. The van der Waals surface area contributed by atoms with Gasteiger partial charge in [-0.1, -0.05) is 24.3 Å². The summed E-state index contributed by atoms with van der Waals surface area (Å²) < 4.78 is 23.4. The van der Waals surface area contributed by atoms with Gasteiger partial charge in [0, 0.05) is 43.3 Å². The molecule has 1 saturated heterocycles. The molecule has 0 unspecified atom stereocenters. The molecule has 2 aliphatic rings. The average Bonchev–Trinajstić information content (AvgIpc) is 3.44. The first kappa shape index (κ1) is 20.2. The summed E-state index contributed by atoms with van der Waals surface area (Å²) in [6.07, 6.45) is 4.60. The van der Waals surface area contributed by atoms with Crippen molar-refractivity contribution in [2.45, 2.75) is 26.4 Å². The topological polar surface area (TPSA) is 44.1 Å². The van der Waals surface area contributed by atoms with Crippen LogP contribution >= 0.6 is 0 Å². The van der Waals surface area contributed by atoms with E-state index in [1.54, 1.807) is 6.26 Å². The van der Waals surface area contributed by atoms with Gasteiger partial charge < -0.3 is 18.6 Å². The van der Waals surface area contributed by atoms with Crippen LogP contribution in [0, 0.1) is 12.8 Å². The molecule has 0 spiro atoms. The Morgan fingerprint density at radius 2 is 2.06 bits per heavy atom. The standard InChI is InChI=1S/C26H29NO4/c1-19-4-2-3-5-24(19)22-12-23-15-27(14-20-6-9-28-16-20)8-11-30-26(23)25(13-22)31-18-21-7-10-29-17-21/h2-6,9,12-13,16,21H,7-8,10-11,14-15,17-18H2,1H3/t21-/m0/s1. The monoisotopic (exact) mass is 419 g/mol. The molecule has 2 aromatic carbocycles. The molecular formula is C26H29NO4. The van der Waals surface area contributed by atoms with Crippen molar-refractivity contribution in [3.63, 3.8) is 0 Å². The zero-order valence-corrected chi connectivity index (χ0v) is 18.0. The minimum Gasteiger partial charge on any atom is -0.489 e. The van der Waals surface area contributed by atoms with Gasteiger partial charge in [0.15, 0.2) is 11.5 Å². The number of hydrogen-bond donors (Lipinski definition) is 0. The quantitative estimate of drug-likeness (QED) is 0.558. The van der Waals surface area contributed by atoms with Crippen molar-refractivity contribution in [1.82, 2.24) is 4.90 Å². The maximum atomic E-state index is 6.35. The third-order valence-corrected chi connectivity index (χ3v) is 6.12. The zero-order chi connectivity index (χ0) is 21.0. The number of aryl methyl sites for hydroxylation is 1. The lowest BCUT2D eigenvalue weighted by molar-refractivity contribution is 0.164. The van der Waals surface area contributed by atoms with Crippen LogP contribution in [0.15, 0.2) is 59.4 Å². The third kappa shape index (κ3) is 4.63. The highest BCUT2D eigenvalue weighted by atomic mass is 16.5. The lowest BCUT2D eigenvalue weighted by atomic mass is 9.97. The van der Waals surface area contributed by atoms with Crippen LogP contribution in [-0.4, -0.2) is 37.9 Å². The molecule has 3 aromatic rings. The normalized spacial score (nSPS) is 18.9. The molecule has 3 heterocycles. The van der Waals surface area contributed by atoms with Gasteiger partial charge in [-0.15, -0.1) is 0 Å². The van der Waals surface area contributed by atoms with Gasteiger partial charge >= 0.3 is 0 Å². The molecule has 0 radical (unpaired) electrons. The maximum absolute atomic E-state index is 6.35. The second-order valence-corrected chi connectivity index (χ2v) is 8.51. The van der Waals surface area contributed by atoms with Crippen LogP contribution in [0.25, 0.3) is 11.1 Å². The number of hydrogen-bond acceptors (Lipinski definition) is 5. The summed E-state index contributed by atoms with van der Waals surface area (Å²) in [4.78, 5) is 2.40. The van der Waals surface area contributed by atoms with E-state index in [1.807, 2.05) is 12.3 Å². The van der Waals surface area contributed by atoms with Gasteiger partial charge in [0.25, 0.3) is 0 Å². The van der Waals surface area contributed by atoms with Crippen molar-refractivity contribution in [2.24, 2.45) is 5.92 Å². The van der Waals surface area contributed by atoms with E-state index in [2.05, 4.69) is 48.2 Å². The number of benzene rings is 2. The lowest BCUT2D eigenvalue weighted by Crippen LogP contribution is -2.25. The summed E-state index contributed by atoms with van der Waals surface area (Å²) in [5.41, 5.74) is 5.99. The number of nitrogens with zero attached hydrogens (tertiary/aromatic N) is 1. The van der Waals surface area contributed by atoms with Crippen LogP contribution in [0.5, 0.6) is 11.5 Å². The lowest BCUT2D eigenvalue weighted by Gasteiger charge is -2.20. The summed E-state index contributed by atoms with van der Waals surface area (Å²) >= 11 is 0. The molecular weight excluding hydrogens is 390 g/mol. The fraction of sp³-hybridized carbons (Fsp3) is 0.385. The Labute approximate surface area is 183 Å². The molecule has 0 bridgehead atoms. The molecule has 0 N–H and O–H groups in total. The molecule has 0 amide bonds. The van der Waals surface area contributed by atoms with Crippen molar-refractivity contribution in [2.75, 3.05) is 33.0 Å². The number of ether oxygens (including phenoxy) is 3. The highest BCUT2D eigenvalue weighted by Gasteiger charge is 2.23. The molecule has 1 fully saturated rings. The highest BCUT2D eigenvalue weighted by molar-refractivity contribution is 5.72. The highest BCUT2D eigenvalue weighted by Crippen LogP contribution is 2.40. The second-order valence-electron chi connectivity index (χ2n) is 8.51. The summed E-state index contributed by atoms with van der Waals surface area (Å²) in [5.74, 6) is 2.17. The van der Waals surface area contributed by atoms with E-state index >= 15 is 0 Å². The van der Waals surface area contributed by atoms with Crippen LogP contribution in [0.1, 0.15) is 23.1 Å². The molecule has 0 saturated carbocycles. The van der Waals surface area contributed by atoms with E-state index < -0.39 is 0 Å². The molecule has 5 rings (SSSR count). The molecule has 162 valence electrons. The smallest absolute Gasteiger partial charge is 0.165 e. The first-order valence-electron chi connectivity index (χ1n) is 11.1. The third-order valence-electron chi connectivity index (χ3n) is 6.12. The molecule has 31 heavy (non-hydrogen) atoms. The summed E-state index contributed by atoms with van der Waals surface area (Å²) in [7, 11) is 0. The van der Waals surface area contributed by atoms with Gasteiger partial charge in [-0.3, -0.25) is 4.90 Å². The van der Waals surface area contributed by atoms with Gasteiger partial charge in [-0.2, -0.15) is 0 Å². The van der Waals surface area contributed by atoms with Gasteiger partial charge in [0.2, 0.25) is 0 Å². The Balaban J connectivity index is 1.48. The largest absolute Gasteiger partial charge is 0.489 e. The predicted molar refractivity (Wildman–Crippen MR) is 119 cm³/mol. The van der Waals surface area contributed by atoms with Gasteiger partial charge in [0.1, 0.15) is 6.61 Å². The van der Waals surface area contributed by atoms with E-state index in [-0.39, 0.29) is 0 Å². The number of fused-ring (bicyclic) bond motifs is 1. The molecule has 2 aliphatic heterocycles. The van der Waals surface area contributed by atoms with Crippen molar-refractivity contribution < 1.29 is 18.6 Å². The van der Waals surface area contributed by atoms with Crippen LogP contribution in [0.4, 0.5) is 0 Å². The molecule has 5 heteroatoms. The number of furan rings is 1. The first-order valence-corrected chi connectivity index (χ1v) is 11.1. The average molecular weight is 420 g/mol. The summed E-state index contributed by atoms with van der Waals surface area (Å²) in [6.45, 7) is 7.55. The van der Waals surface area contributed by atoms with Gasteiger partial charge in [0.05, 0.1) is 25.7 Å². The molecule has 5 nitrogen and oxygen atoms in total. The van der Waals surface area contributed by atoms with E-state index in [0.29, 0.717) is 19.1 Å². The van der Waals surface area contributed by atoms with E-state index in [1.165, 1.54) is 27.8 Å². The summed E-state index contributed by atoms with van der Waals surface area (Å²) in [5, 5.41) is 0. The van der Waals surface area contributed by atoms with Gasteiger partial charge in [-0.25, -0.2) is 0 Å². The predicted octanol–water partition coefficient (Wildman–Crippen LogP) is 5.06. The minimum absolute atomic E-state index is 0.445. The Morgan fingerprint density at radius 3 is 2.87 bits per heavy atom. The van der Waals surface area contributed by atoms with E-state index in [9.17, 15) is 0 Å². The Hall–Kier alpha value is -2.76. The SMILES string of the molecule is Cc1ccccc1-c1cc2c(c(OC[C@H]3CCOC3)c1)OCCN(Cc1ccoc1)C2. The van der Waals surface area contributed by atoms with Gasteiger partial charge in [-0.05, 0) is 48.2 Å². The Kier molecular flexibility index (Phi) is 5.96. The van der Waals surface area contributed by atoms with Crippen molar-refractivity contribution >= 4 is 0 Å². The summed E-state index contributed by atoms with van der Waals surface area (Å²) in [6, 6.07) is 14.9. The fourth-order valence-corrected chi connectivity index (χ4v) is 4.40. The van der Waals surface area contributed by atoms with Crippen molar-refractivity contribution in [3.05, 3.63) is 71.7 Å². The van der Waals surface area contributed by atoms with Crippen LogP contribution in [0.2, 0.25) is 0 Å². The van der Waals surface area contributed by atoms with Crippen LogP contribution in [-0.2, 0) is 17.8 Å². The van der Waals surface area contributed by atoms with E-state index in [0.717, 1.165) is 50.8 Å². The van der Waals surface area contributed by atoms with Crippen LogP contribution in [0.3, 0.4) is 0 Å². The van der Waals surface area contributed by atoms with Crippen molar-refractivity contribution in [3.8, 4) is 22.6 Å². The Morgan fingerprint density at radius 1 is 1.13 bits per heavy atom. The van der Waals surface area contributed by atoms with Crippen molar-refractivity contribution in [1.29, 1.82) is 0 Å². The zero-order valence-electron chi connectivity index (χ0n) is 18.0. The molecule has 1 atom stereocenters. The Bertz CT molecular complexity index is 1010. The fourth-order valence-electron chi connectivity index (χ4n) is 4.40. The second kappa shape index (κ2) is 9.16. The molecule has 1 aromatic heterocycles. The first-order chi connectivity index (χ1) is 15.3. The minimum atomic E-state index is 0.445. The maximum Gasteiger partial charge on any atom is 0.165 e. The molecule has 0 aliphatic carbocycles. The van der Waals surface area contributed by atoms with E-state index in [4.69, 9.17) is 18.6 Å².